The molecule has 2 N–H and O–H groups in total. The Balaban J connectivity index is 1.76. The molecular formula is C17H15N3O6. The lowest BCUT2D eigenvalue weighted by Crippen LogP contribution is -2.43. The number of nitrogens with zero attached hydrogens (tertiary/aromatic N) is 1. The first-order valence-electron chi connectivity index (χ1n) is 7.49. The van der Waals surface area contributed by atoms with Crippen LogP contribution in [0.2, 0.25) is 0 Å². The topological polar surface area (TPSA) is 128 Å². The monoisotopic (exact) mass is 357 g/mol. The van der Waals surface area contributed by atoms with Crippen molar-refractivity contribution in [2.24, 2.45) is 0 Å². The van der Waals surface area contributed by atoms with Gasteiger partial charge in [-0.1, -0.05) is 36.4 Å². The number of esters is 1. The van der Waals surface area contributed by atoms with Crippen molar-refractivity contribution in [1.82, 2.24) is 10.9 Å². The van der Waals surface area contributed by atoms with Crippen molar-refractivity contribution in [2.75, 3.05) is 6.61 Å². The number of benzene rings is 2. The fourth-order valence-electron chi connectivity index (χ4n) is 1.96. The van der Waals surface area contributed by atoms with Crippen molar-refractivity contribution in [3.63, 3.8) is 0 Å². The third-order valence-electron chi connectivity index (χ3n) is 3.19. The molecule has 0 fully saturated rings. The van der Waals surface area contributed by atoms with Gasteiger partial charge in [0.15, 0.2) is 6.61 Å². The zero-order valence-corrected chi connectivity index (χ0v) is 13.5. The summed E-state index contributed by atoms with van der Waals surface area (Å²) in [4.78, 5) is 45.1. The molecule has 0 heterocycles. The molecule has 0 unspecified atom stereocenters. The number of ether oxygens (including phenoxy) is 1. The zero-order valence-electron chi connectivity index (χ0n) is 13.5. The summed E-state index contributed by atoms with van der Waals surface area (Å²) in [5.41, 5.74) is 4.65. The van der Waals surface area contributed by atoms with Gasteiger partial charge in [-0.3, -0.25) is 35.3 Å². The second-order valence-electron chi connectivity index (χ2n) is 5.13. The summed E-state index contributed by atoms with van der Waals surface area (Å²) in [6, 6.07) is 13.9. The minimum Gasteiger partial charge on any atom is -0.455 e. The maximum absolute atomic E-state index is 11.8. The van der Waals surface area contributed by atoms with Gasteiger partial charge in [-0.05, 0) is 11.6 Å². The van der Waals surface area contributed by atoms with Gasteiger partial charge in [0.1, 0.15) is 0 Å². The van der Waals surface area contributed by atoms with Crippen LogP contribution >= 0.6 is 0 Å². The van der Waals surface area contributed by atoms with E-state index in [4.69, 9.17) is 4.74 Å². The van der Waals surface area contributed by atoms with Gasteiger partial charge < -0.3 is 4.74 Å². The van der Waals surface area contributed by atoms with Crippen molar-refractivity contribution in [3.8, 4) is 0 Å². The molecular weight excluding hydrogens is 342 g/mol. The van der Waals surface area contributed by atoms with Crippen LogP contribution in [-0.4, -0.2) is 29.3 Å². The maximum Gasteiger partial charge on any atom is 0.310 e. The molecule has 9 nitrogen and oxygen atoms in total. The third-order valence-corrected chi connectivity index (χ3v) is 3.19. The van der Waals surface area contributed by atoms with Crippen molar-refractivity contribution < 1.29 is 24.0 Å². The van der Waals surface area contributed by atoms with Crippen LogP contribution in [0.5, 0.6) is 0 Å². The van der Waals surface area contributed by atoms with Crippen molar-refractivity contribution >= 4 is 23.5 Å². The minimum absolute atomic E-state index is 0.000530. The van der Waals surface area contributed by atoms with Crippen molar-refractivity contribution in [1.29, 1.82) is 0 Å². The van der Waals surface area contributed by atoms with E-state index in [0.717, 1.165) is 11.6 Å². The summed E-state index contributed by atoms with van der Waals surface area (Å²) in [6.45, 7) is -0.569. The molecule has 9 heteroatoms. The zero-order chi connectivity index (χ0) is 18.9. The molecule has 0 saturated carbocycles. The molecule has 0 atom stereocenters. The fraction of sp³-hybridized carbons (Fsp3) is 0.118. The highest BCUT2D eigenvalue weighted by Gasteiger charge is 2.13. The molecule has 0 spiro atoms. The number of hydrazine groups is 1. The first-order valence-corrected chi connectivity index (χ1v) is 7.49. The van der Waals surface area contributed by atoms with Gasteiger partial charge in [0.25, 0.3) is 17.5 Å². The molecule has 2 rings (SSSR count). The number of nitrogens with one attached hydrogen (secondary N) is 2. The summed E-state index contributed by atoms with van der Waals surface area (Å²) in [5, 5.41) is 10.7. The van der Waals surface area contributed by atoms with E-state index in [2.05, 4.69) is 10.9 Å². The number of nitro benzene ring substituents is 1. The largest absolute Gasteiger partial charge is 0.455 e. The highest BCUT2D eigenvalue weighted by atomic mass is 16.6. The molecule has 2 amide bonds. The van der Waals surface area contributed by atoms with Crippen molar-refractivity contribution in [2.45, 2.75) is 6.42 Å². The Morgan fingerprint density at radius 3 is 2.42 bits per heavy atom. The maximum atomic E-state index is 11.8. The van der Waals surface area contributed by atoms with Crippen LogP contribution in [0, 0.1) is 10.1 Å². The molecule has 2 aromatic carbocycles. The highest BCUT2D eigenvalue weighted by Crippen LogP contribution is 2.12. The fourth-order valence-corrected chi connectivity index (χ4v) is 1.96. The van der Waals surface area contributed by atoms with E-state index in [1.165, 1.54) is 18.2 Å². The second-order valence-corrected chi connectivity index (χ2v) is 5.13. The first-order chi connectivity index (χ1) is 12.5. The summed E-state index contributed by atoms with van der Waals surface area (Å²) < 4.78 is 4.80. The van der Waals surface area contributed by atoms with Crippen LogP contribution in [0.3, 0.4) is 0 Å². The summed E-state index contributed by atoms with van der Waals surface area (Å²) >= 11 is 0. The average Bonchev–Trinajstić information content (AvgIpc) is 2.65. The minimum atomic E-state index is -0.745. The molecule has 0 bridgehead atoms. The normalized spacial score (nSPS) is 9.85. The standard InChI is InChI=1S/C17H15N3O6/c21-15(11-26-16(22)9-12-5-2-1-3-6-12)18-19-17(23)13-7-4-8-14(10-13)20(24)25/h1-8,10H,9,11H2,(H,18,21)(H,19,23). The summed E-state index contributed by atoms with van der Waals surface area (Å²) in [6.07, 6.45) is 0.0220. The van der Waals surface area contributed by atoms with E-state index in [0.29, 0.717) is 0 Å². The van der Waals surface area contributed by atoms with E-state index >= 15 is 0 Å². The molecule has 0 aliphatic carbocycles. The van der Waals surface area contributed by atoms with Gasteiger partial charge in [-0.25, -0.2) is 0 Å². The number of non-ortho nitro benzene ring substituents is 1. The Labute approximate surface area is 148 Å². The number of carbonyl (C=O) groups is 3. The SMILES string of the molecule is O=C(COC(=O)Cc1ccccc1)NNC(=O)c1cccc([N+](=O)[O-])c1. The summed E-state index contributed by atoms with van der Waals surface area (Å²) in [7, 11) is 0. The predicted octanol–water partition coefficient (Wildman–Crippen LogP) is 1.14. The summed E-state index contributed by atoms with van der Waals surface area (Å²) in [5.74, 6) is -2.07. The van der Waals surface area contributed by atoms with Crippen molar-refractivity contribution in [3.05, 3.63) is 75.8 Å². The van der Waals surface area contributed by atoms with Crippen LogP contribution in [0.25, 0.3) is 0 Å². The number of amides is 2. The molecule has 2 aromatic rings. The molecule has 134 valence electrons. The average molecular weight is 357 g/mol. The van der Waals surface area contributed by atoms with Crippen LogP contribution in [-0.2, 0) is 20.7 Å². The quantitative estimate of drug-likeness (QED) is 0.453. The number of hydrogen-bond donors (Lipinski definition) is 2. The van der Waals surface area contributed by atoms with Gasteiger partial charge in [-0.15, -0.1) is 0 Å². The molecule has 26 heavy (non-hydrogen) atoms. The van der Waals surface area contributed by atoms with E-state index in [1.807, 2.05) is 6.07 Å². The number of carbonyl (C=O) groups excluding carboxylic acids is 3. The van der Waals surface area contributed by atoms with E-state index in [1.54, 1.807) is 24.3 Å². The number of nitro groups is 1. The van der Waals surface area contributed by atoms with Gasteiger partial charge in [-0.2, -0.15) is 0 Å². The lowest BCUT2D eigenvalue weighted by Gasteiger charge is -2.08. The lowest BCUT2D eigenvalue weighted by molar-refractivity contribution is -0.384. The van der Waals surface area contributed by atoms with E-state index in [9.17, 15) is 24.5 Å². The van der Waals surface area contributed by atoms with Gasteiger partial charge in [0.2, 0.25) is 0 Å². The highest BCUT2D eigenvalue weighted by molar-refractivity contribution is 5.96. The Hall–Kier alpha value is -3.75. The Kier molecular flexibility index (Phi) is 6.38. The first kappa shape index (κ1) is 18.6. The molecule has 0 aromatic heterocycles. The van der Waals surface area contributed by atoms with Gasteiger partial charge in [0.05, 0.1) is 11.3 Å². The molecule has 0 aliphatic rings. The molecule has 0 saturated heterocycles. The van der Waals surface area contributed by atoms with Gasteiger partial charge >= 0.3 is 5.97 Å². The van der Waals surface area contributed by atoms with Crippen LogP contribution in [0.4, 0.5) is 5.69 Å². The van der Waals surface area contributed by atoms with E-state index < -0.39 is 29.3 Å². The molecule has 0 radical (unpaired) electrons. The Morgan fingerprint density at radius 1 is 1.00 bits per heavy atom. The third kappa shape index (κ3) is 5.71. The van der Waals surface area contributed by atoms with Gasteiger partial charge in [0, 0.05) is 17.7 Å². The lowest BCUT2D eigenvalue weighted by atomic mass is 10.2. The van der Waals surface area contributed by atoms with Crippen LogP contribution in [0.1, 0.15) is 15.9 Å². The smallest absolute Gasteiger partial charge is 0.310 e. The predicted molar refractivity (Wildman–Crippen MR) is 89.8 cm³/mol. The second kappa shape index (κ2) is 8.92. The molecule has 0 aliphatic heterocycles. The van der Waals surface area contributed by atoms with Crippen LogP contribution in [0.15, 0.2) is 54.6 Å². The number of hydrogen-bond acceptors (Lipinski definition) is 6. The Morgan fingerprint density at radius 2 is 1.73 bits per heavy atom. The number of rotatable bonds is 6. The Bertz CT molecular complexity index is 822. The van der Waals surface area contributed by atoms with Crippen LogP contribution < -0.4 is 10.9 Å². The van der Waals surface area contributed by atoms with E-state index in [-0.39, 0.29) is 17.7 Å².